The molecule has 0 saturated carbocycles. The fourth-order valence-electron chi connectivity index (χ4n) is 8.44. The number of methoxy groups -OCH3 is 2. The first kappa shape index (κ1) is 48.4. The summed E-state index contributed by atoms with van der Waals surface area (Å²) in [6.07, 6.45) is -8.96. The summed E-state index contributed by atoms with van der Waals surface area (Å²) in [6, 6.07) is -0.288. The number of aliphatic hydroxyl groups excluding tert-OH is 3. The first-order valence-corrected chi connectivity index (χ1v) is 18.7. The number of carbonyl (C=O) groups excluding carboxylic acids is 2. The molecule has 14 nitrogen and oxygen atoms in total. The van der Waals surface area contributed by atoms with Crippen LogP contribution in [0.5, 0.6) is 0 Å². The van der Waals surface area contributed by atoms with Crippen molar-refractivity contribution >= 4 is 11.8 Å². The fraction of sp³-hybridized carbons (Fsp3) is 0.921. The van der Waals surface area contributed by atoms with Gasteiger partial charge in [0.1, 0.15) is 29.7 Å². The second-order valence-corrected chi connectivity index (χ2v) is 16.5. The average molecular weight is 931 g/mol. The molecule has 0 aliphatic carbocycles. The summed E-state index contributed by atoms with van der Waals surface area (Å²) >= 11 is 0. The molecule has 53 heavy (non-hydrogen) atoms. The van der Waals surface area contributed by atoms with Crippen LogP contribution in [0.1, 0.15) is 94.9 Å². The minimum atomic E-state index is -1.98. The number of cyclic esters (lactones) is 1. The van der Waals surface area contributed by atoms with Gasteiger partial charge in [0.2, 0.25) is 0 Å². The number of hydrogen-bond acceptors (Lipinski definition) is 14. The summed E-state index contributed by atoms with van der Waals surface area (Å²) in [5.41, 5.74) is -4.28. The second kappa shape index (κ2) is 19.1. The normalized spacial score (nSPS) is 46.7. The molecule has 0 unspecified atom stereocenters. The van der Waals surface area contributed by atoms with Crippen molar-refractivity contribution in [1.29, 1.82) is 0 Å². The second-order valence-electron chi connectivity index (χ2n) is 16.5. The Labute approximate surface area is 331 Å². The fourth-order valence-corrected chi connectivity index (χ4v) is 8.44. The maximum atomic E-state index is 14.1. The zero-order valence-corrected chi connectivity index (χ0v) is 37.2. The van der Waals surface area contributed by atoms with Crippen LogP contribution < -0.4 is 0 Å². The van der Waals surface area contributed by atoms with Gasteiger partial charge in [-0.05, 0) is 80.0 Å². The van der Waals surface area contributed by atoms with Gasteiger partial charge in [-0.25, -0.2) is 5.92 Å². The first-order chi connectivity index (χ1) is 24.0. The molecule has 3 rings (SSSR count). The van der Waals surface area contributed by atoms with E-state index in [1.165, 1.54) is 21.1 Å². The molecule has 310 valence electrons. The Bertz CT molecular complexity index is 1190. The van der Waals surface area contributed by atoms with Gasteiger partial charge in [-0.1, -0.05) is 27.7 Å². The van der Waals surface area contributed by atoms with E-state index in [1.807, 2.05) is 32.8 Å². The monoisotopic (exact) mass is 930 g/mol. The Kier molecular flexibility index (Phi) is 17.5. The predicted molar refractivity (Wildman–Crippen MR) is 191 cm³/mol. The summed E-state index contributed by atoms with van der Waals surface area (Å²) in [5.74, 6) is -3.49. The third-order valence-electron chi connectivity index (χ3n) is 12.1. The molecule has 0 bridgehead atoms. The number of Topliss-reactive ketones (excluding diaryl/α,β-unsaturated/α-hetero) is 1. The van der Waals surface area contributed by atoms with E-state index in [2.05, 4.69) is 0 Å². The molecule has 3 aliphatic rings. The van der Waals surface area contributed by atoms with Crippen LogP contribution in [0.25, 0.3) is 0 Å². The third-order valence-corrected chi connectivity index (χ3v) is 12.1. The van der Waals surface area contributed by atoms with Crippen molar-refractivity contribution in [3.63, 3.8) is 0 Å². The number of esters is 1. The zero-order chi connectivity index (χ0) is 39.7. The van der Waals surface area contributed by atoms with Crippen molar-refractivity contribution in [1.82, 2.24) is 4.90 Å². The first-order valence-electron chi connectivity index (χ1n) is 18.7. The van der Waals surface area contributed by atoms with Crippen LogP contribution in [0.15, 0.2) is 0 Å². The van der Waals surface area contributed by atoms with E-state index in [9.17, 15) is 30.0 Å². The molecular weight excluding hydrogens is 862 g/mol. The number of nitrogens with zero attached hydrogens (tertiary/aromatic N) is 1. The molecule has 0 aromatic rings. The molecular formula is C38H68NO13W-. The summed E-state index contributed by atoms with van der Waals surface area (Å²) < 4.78 is 43.7. The molecule has 0 radical (unpaired) electrons. The Morgan fingerprint density at radius 3 is 2.02 bits per heavy atom. The molecule has 0 aromatic heterocycles. The molecule has 3 heterocycles. The van der Waals surface area contributed by atoms with Crippen LogP contribution in [0, 0.1) is 23.7 Å². The van der Waals surface area contributed by atoms with E-state index in [-0.39, 0.29) is 64.2 Å². The molecule has 3 saturated heterocycles. The van der Waals surface area contributed by atoms with Crippen LogP contribution in [-0.2, 0) is 63.8 Å². The van der Waals surface area contributed by atoms with E-state index >= 15 is 0 Å². The Balaban J connectivity index is 0.00000972. The molecule has 3 aliphatic heterocycles. The van der Waals surface area contributed by atoms with E-state index in [4.69, 9.17) is 33.2 Å². The molecule has 0 aromatic carbocycles. The van der Waals surface area contributed by atoms with Crippen molar-refractivity contribution in [2.75, 3.05) is 28.3 Å². The van der Waals surface area contributed by atoms with Gasteiger partial charge < -0.3 is 58.5 Å². The van der Waals surface area contributed by atoms with E-state index in [0.29, 0.717) is 6.42 Å². The minimum absolute atomic E-state index is 0. The van der Waals surface area contributed by atoms with Crippen molar-refractivity contribution < 1.29 is 84.2 Å². The predicted octanol–water partition coefficient (Wildman–Crippen LogP) is 2.40. The summed E-state index contributed by atoms with van der Waals surface area (Å²) in [4.78, 5) is 30.0. The van der Waals surface area contributed by atoms with Crippen molar-refractivity contribution in [2.45, 2.75) is 179 Å². The largest absolute Gasteiger partial charge is 0.482 e. The molecule has 15 heteroatoms. The van der Waals surface area contributed by atoms with Crippen LogP contribution in [0.3, 0.4) is 0 Å². The van der Waals surface area contributed by atoms with E-state index < -0.39 is 95.8 Å². The zero-order valence-electron chi connectivity index (χ0n) is 34.2. The maximum absolute atomic E-state index is 14.1. The van der Waals surface area contributed by atoms with Crippen LogP contribution in [0.2, 0.25) is 0 Å². The SMILES string of the molecule is CC[C@@H]1OC(=O)[C-](C)[C@H](O[C@H]2C[C@@](C)(OC)[C@@H](O)[C@H](C)O2)[C@H](C)[C@@H](O[C@@H]2O[C@H](C)C[C@H](N(C)C)[C@H]2O)[C@@](C)(OC)C[C@@H](C)C(=O)[C@H](C)[C@@H](O)[C@]1(C)O.[W]. The molecule has 3 fully saturated rings. The number of ketones is 1. The number of carbonyl (C=O) groups is 2. The Hall–Kier alpha value is -0.742. The van der Waals surface area contributed by atoms with Crippen LogP contribution in [-0.4, -0.2) is 150 Å². The number of rotatable bonds is 8. The number of likely N-dealkylation sites (N-methyl/N-ethyl adjacent to an activating group) is 1. The topological polar surface area (TPSA) is 183 Å². The van der Waals surface area contributed by atoms with Crippen molar-refractivity contribution in [2.24, 2.45) is 17.8 Å². The minimum Gasteiger partial charge on any atom is -0.482 e. The summed E-state index contributed by atoms with van der Waals surface area (Å²) in [5, 5.41) is 45.5. The molecule has 17 atom stereocenters. The standard InChI is InChI=1S/C38H68NO13.W/c1-15-26-38(10,45)31(42)21(4)28(40)19(2)17-37(9,47-14)33(52-35-29(41)25(39(11)12)16-20(3)48-35)22(5)30(23(6)34(44)50-26)51-27-18-36(8,46-13)32(43)24(7)49-27;/h19-22,24-27,29-33,35,41-43,45H,15-18H2,1-14H3;/q-1;/t19-,20-,21+,22+,24+,25+,26+,27+,29-,30-,31-,32+,33-,35+,36-,37+,38-;/m1./s1. The molecule has 4 N–H and O–H groups in total. The maximum Gasteiger partial charge on any atom is 0.185 e. The molecule has 0 amide bonds. The number of aliphatic hydroxyl groups is 4. The van der Waals surface area contributed by atoms with Gasteiger partial charge >= 0.3 is 0 Å². The van der Waals surface area contributed by atoms with E-state index in [1.54, 1.807) is 48.5 Å². The van der Waals surface area contributed by atoms with Crippen molar-refractivity contribution in [3.05, 3.63) is 5.92 Å². The van der Waals surface area contributed by atoms with Gasteiger partial charge in [0.15, 0.2) is 18.5 Å². The van der Waals surface area contributed by atoms with Gasteiger partial charge in [-0.2, -0.15) is 6.92 Å². The number of hydrogen-bond donors (Lipinski definition) is 4. The summed E-state index contributed by atoms with van der Waals surface area (Å²) in [6.45, 7) is 16.9. The Morgan fingerprint density at radius 1 is 0.906 bits per heavy atom. The van der Waals surface area contributed by atoms with Crippen LogP contribution in [0.4, 0.5) is 0 Å². The van der Waals surface area contributed by atoms with E-state index in [0.717, 1.165) is 0 Å². The number of ether oxygens (including phenoxy) is 7. The van der Waals surface area contributed by atoms with Gasteiger partial charge in [0.05, 0.1) is 35.6 Å². The van der Waals surface area contributed by atoms with Gasteiger partial charge in [0.25, 0.3) is 0 Å². The van der Waals surface area contributed by atoms with Gasteiger partial charge in [-0.3, -0.25) is 9.59 Å². The van der Waals surface area contributed by atoms with Gasteiger partial charge in [-0.15, -0.1) is 0 Å². The smallest absolute Gasteiger partial charge is 0.185 e. The summed E-state index contributed by atoms with van der Waals surface area (Å²) in [7, 11) is 6.75. The third kappa shape index (κ3) is 10.4. The average Bonchev–Trinajstić information content (AvgIpc) is 3.09. The van der Waals surface area contributed by atoms with Crippen LogP contribution >= 0.6 is 0 Å². The van der Waals surface area contributed by atoms with Gasteiger partial charge in [0, 0.05) is 59.6 Å². The Morgan fingerprint density at radius 2 is 1.49 bits per heavy atom. The quantitative estimate of drug-likeness (QED) is 0.206. The van der Waals surface area contributed by atoms with Crippen molar-refractivity contribution in [3.8, 4) is 0 Å². The molecule has 0 spiro atoms.